The van der Waals surface area contributed by atoms with E-state index in [2.05, 4.69) is 26.1 Å². The summed E-state index contributed by atoms with van der Waals surface area (Å²) in [5, 5.41) is 12.9. The molecule has 4 rings (SSSR count). The summed E-state index contributed by atoms with van der Waals surface area (Å²) in [6, 6.07) is 12.8. The highest BCUT2D eigenvalue weighted by atomic mass is 19.4. The van der Waals surface area contributed by atoms with Gasteiger partial charge in [-0.15, -0.1) is 0 Å². The molecule has 1 aliphatic rings. The van der Waals surface area contributed by atoms with Crippen molar-refractivity contribution in [3.8, 4) is 0 Å². The zero-order valence-electron chi connectivity index (χ0n) is 18.3. The molecule has 3 aromatic rings. The second-order valence-electron chi connectivity index (χ2n) is 8.06. The second kappa shape index (κ2) is 9.66. The van der Waals surface area contributed by atoms with Gasteiger partial charge in [0.2, 0.25) is 5.91 Å². The number of carbonyl (C=O) groups excluding carboxylic acids is 2. The minimum atomic E-state index is -4.49. The highest BCUT2D eigenvalue weighted by Crippen LogP contribution is 2.35. The van der Waals surface area contributed by atoms with E-state index in [0.29, 0.717) is 11.3 Å². The second-order valence-corrected chi connectivity index (χ2v) is 8.06. The lowest BCUT2D eigenvalue weighted by molar-refractivity contribution is -0.137. The largest absolute Gasteiger partial charge is 0.418 e. The molecule has 0 saturated carbocycles. The van der Waals surface area contributed by atoms with E-state index in [1.165, 1.54) is 18.2 Å². The third-order valence-electron chi connectivity index (χ3n) is 5.57. The van der Waals surface area contributed by atoms with Crippen molar-refractivity contribution in [2.45, 2.75) is 24.7 Å². The zero-order chi connectivity index (χ0) is 25.1. The van der Waals surface area contributed by atoms with Gasteiger partial charge in [-0.25, -0.2) is 0 Å². The van der Waals surface area contributed by atoms with Gasteiger partial charge in [0, 0.05) is 31.3 Å². The van der Waals surface area contributed by atoms with Crippen LogP contribution in [0.15, 0.2) is 59.4 Å². The van der Waals surface area contributed by atoms with Gasteiger partial charge in [-0.1, -0.05) is 24.3 Å². The summed E-state index contributed by atoms with van der Waals surface area (Å²) < 4.78 is 44.9. The summed E-state index contributed by atoms with van der Waals surface area (Å²) in [7, 11) is 0. The van der Waals surface area contributed by atoms with Gasteiger partial charge in [0.15, 0.2) is 0 Å². The van der Waals surface area contributed by atoms with Crippen molar-refractivity contribution in [3.63, 3.8) is 0 Å². The number of ether oxygens (including phenoxy) is 1. The van der Waals surface area contributed by atoms with E-state index in [0.717, 1.165) is 12.1 Å². The summed E-state index contributed by atoms with van der Waals surface area (Å²) in [5.74, 6) is -1.08. The van der Waals surface area contributed by atoms with E-state index in [-0.39, 0.29) is 37.6 Å². The molecule has 1 atom stereocenters. The van der Waals surface area contributed by atoms with Crippen molar-refractivity contribution in [1.82, 2.24) is 20.8 Å². The van der Waals surface area contributed by atoms with Crippen LogP contribution >= 0.6 is 0 Å². The van der Waals surface area contributed by atoms with Crippen LogP contribution in [0.5, 0.6) is 0 Å². The molecule has 0 spiro atoms. The summed E-state index contributed by atoms with van der Waals surface area (Å²) in [6.07, 6.45) is -4.24. The van der Waals surface area contributed by atoms with Crippen LogP contribution in [0, 0.1) is 0 Å². The fraction of sp³-hybridized carbons (Fsp3) is 0.261. The average Bonchev–Trinajstić information content (AvgIpc) is 3.48. The molecule has 1 aliphatic heterocycles. The minimum Gasteiger partial charge on any atom is -0.378 e. The monoisotopic (exact) mass is 489 g/mol. The van der Waals surface area contributed by atoms with Crippen molar-refractivity contribution in [1.29, 1.82) is 0 Å². The van der Waals surface area contributed by atoms with Gasteiger partial charge in [-0.2, -0.15) is 13.2 Å². The number of amides is 2. The highest BCUT2D eigenvalue weighted by molar-refractivity contribution is 5.98. The molecule has 35 heavy (non-hydrogen) atoms. The number of anilines is 2. The number of benzene rings is 2. The number of rotatable bonds is 7. The molecule has 2 aromatic carbocycles. The highest BCUT2D eigenvalue weighted by Gasteiger charge is 2.44. The van der Waals surface area contributed by atoms with E-state index >= 15 is 0 Å². The van der Waals surface area contributed by atoms with Crippen LogP contribution in [0.25, 0.3) is 0 Å². The lowest BCUT2D eigenvalue weighted by Crippen LogP contribution is -2.59. The molecule has 1 aromatic heterocycles. The van der Waals surface area contributed by atoms with Crippen LogP contribution in [0.1, 0.15) is 28.0 Å². The predicted molar refractivity (Wildman–Crippen MR) is 120 cm³/mol. The molecule has 1 unspecified atom stereocenters. The van der Waals surface area contributed by atoms with E-state index in [1.54, 1.807) is 24.3 Å². The number of nitrogens with one attached hydrogen (secondary N) is 5. The van der Waals surface area contributed by atoms with E-state index in [9.17, 15) is 27.6 Å². The smallest absolute Gasteiger partial charge is 0.378 e. The maximum Gasteiger partial charge on any atom is 0.418 e. The fourth-order valence-electron chi connectivity index (χ4n) is 3.69. The third-order valence-corrected chi connectivity index (χ3v) is 5.57. The molecule has 12 heteroatoms. The SMILES string of the molecule is O=C(NC1(C(=O)NCc2ccc(Nc3ccccc3C(F)(F)F)cc2)CCOC1)c1cc(=O)[nH][nH]1. The van der Waals surface area contributed by atoms with Crippen LogP contribution in [-0.4, -0.2) is 40.8 Å². The fourth-order valence-corrected chi connectivity index (χ4v) is 3.69. The molecule has 0 bridgehead atoms. The molecule has 5 N–H and O–H groups in total. The first-order chi connectivity index (χ1) is 16.7. The number of H-pyrrole nitrogens is 2. The summed E-state index contributed by atoms with van der Waals surface area (Å²) in [4.78, 5) is 36.7. The van der Waals surface area contributed by atoms with Crippen LogP contribution < -0.4 is 21.5 Å². The minimum absolute atomic E-state index is 0.00994. The number of para-hydroxylation sites is 1. The molecule has 1 saturated heterocycles. The Morgan fingerprint density at radius 2 is 1.80 bits per heavy atom. The lowest BCUT2D eigenvalue weighted by atomic mass is 9.97. The average molecular weight is 489 g/mol. The van der Waals surface area contributed by atoms with Crippen molar-refractivity contribution >= 4 is 23.2 Å². The Bertz CT molecular complexity index is 1260. The van der Waals surface area contributed by atoms with Crippen LogP contribution in [-0.2, 0) is 22.3 Å². The van der Waals surface area contributed by atoms with Crippen molar-refractivity contribution < 1.29 is 27.5 Å². The number of hydrogen-bond acceptors (Lipinski definition) is 5. The van der Waals surface area contributed by atoms with Gasteiger partial charge >= 0.3 is 6.18 Å². The van der Waals surface area contributed by atoms with Gasteiger partial charge in [0.25, 0.3) is 11.5 Å². The Balaban J connectivity index is 1.39. The predicted octanol–water partition coefficient (Wildman–Crippen LogP) is 2.67. The van der Waals surface area contributed by atoms with Gasteiger partial charge in [0.1, 0.15) is 11.2 Å². The third kappa shape index (κ3) is 5.54. The Hall–Kier alpha value is -4.06. The van der Waals surface area contributed by atoms with Crippen molar-refractivity contribution in [3.05, 3.63) is 81.8 Å². The molecule has 2 heterocycles. The standard InChI is InChI=1S/C23H22F3N5O4/c24-23(25,26)16-3-1-2-4-17(16)28-15-7-5-14(6-8-15)12-27-21(34)22(9-10-35-13-22)29-20(33)18-11-19(32)31-30-18/h1-8,11,28H,9-10,12-13H2,(H,27,34)(H,29,33)(H2,30,31,32). The molecule has 9 nitrogen and oxygen atoms in total. The Morgan fingerprint density at radius 3 is 2.43 bits per heavy atom. The Kier molecular flexibility index (Phi) is 6.65. The molecule has 184 valence electrons. The summed E-state index contributed by atoms with van der Waals surface area (Å²) >= 11 is 0. The number of carbonyl (C=O) groups is 2. The van der Waals surface area contributed by atoms with E-state index in [1.807, 2.05) is 0 Å². The Labute approximate surface area is 197 Å². The summed E-state index contributed by atoms with van der Waals surface area (Å²) in [6.45, 7) is 0.370. The quantitative estimate of drug-likeness (QED) is 0.349. The molecule has 1 fully saturated rings. The number of aromatic nitrogens is 2. The van der Waals surface area contributed by atoms with Gasteiger partial charge in [-0.3, -0.25) is 24.6 Å². The van der Waals surface area contributed by atoms with E-state index < -0.39 is 34.7 Å². The number of aromatic amines is 2. The number of halogens is 3. The normalized spacial score (nSPS) is 17.7. The van der Waals surface area contributed by atoms with Gasteiger partial charge < -0.3 is 20.7 Å². The number of hydrogen-bond donors (Lipinski definition) is 5. The molecular weight excluding hydrogens is 467 g/mol. The lowest BCUT2D eigenvalue weighted by Gasteiger charge is -2.27. The molecule has 0 radical (unpaired) electrons. The molecular formula is C23H22F3N5O4. The van der Waals surface area contributed by atoms with Crippen LogP contribution in [0.2, 0.25) is 0 Å². The van der Waals surface area contributed by atoms with Crippen molar-refractivity contribution in [2.24, 2.45) is 0 Å². The van der Waals surface area contributed by atoms with Crippen LogP contribution in [0.3, 0.4) is 0 Å². The molecule has 0 aliphatic carbocycles. The van der Waals surface area contributed by atoms with Gasteiger partial charge in [-0.05, 0) is 29.8 Å². The topological polar surface area (TPSA) is 128 Å². The van der Waals surface area contributed by atoms with Crippen LogP contribution in [0.4, 0.5) is 24.5 Å². The first kappa shape index (κ1) is 24.1. The zero-order valence-corrected chi connectivity index (χ0v) is 18.3. The maximum absolute atomic E-state index is 13.2. The van der Waals surface area contributed by atoms with Gasteiger partial charge in [0.05, 0.1) is 17.9 Å². The molecule has 2 amide bonds. The summed E-state index contributed by atoms with van der Waals surface area (Å²) in [5.41, 5.74) is -1.47. The number of alkyl halides is 3. The Morgan fingerprint density at radius 1 is 1.06 bits per heavy atom. The first-order valence-electron chi connectivity index (χ1n) is 10.6. The van der Waals surface area contributed by atoms with E-state index in [4.69, 9.17) is 4.74 Å². The van der Waals surface area contributed by atoms with Crippen molar-refractivity contribution in [2.75, 3.05) is 18.5 Å². The first-order valence-corrected chi connectivity index (χ1v) is 10.6. The maximum atomic E-state index is 13.2.